The molecule has 1 aromatic carbocycles. The number of aliphatic hydroxyl groups excluding tert-OH is 1. The van der Waals surface area contributed by atoms with Crippen molar-refractivity contribution in [3.8, 4) is 17.0 Å². The van der Waals surface area contributed by atoms with Crippen LogP contribution in [0.2, 0.25) is 0 Å². The van der Waals surface area contributed by atoms with E-state index in [2.05, 4.69) is 15.3 Å². The van der Waals surface area contributed by atoms with Gasteiger partial charge in [-0.05, 0) is 61.3 Å². The van der Waals surface area contributed by atoms with Crippen LogP contribution in [-0.2, 0) is 4.74 Å². The lowest BCUT2D eigenvalue weighted by molar-refractivity contribution is 0.00720. The molecular formula is C29H31F3N4O4. The number of carbonyl (C=O) groups excluding carboxylic acids is 1. The van der Waals surface area contributed by atoms with Gasteiger partial charge in [-0.1, -0.05) is 6.92 Å². The maximum Gasteiger partial charge on any atom is 0.274 e. The molecule has 5 rings (SSSR count). The first-order valence-corrected chi connectivity index (χ1v) is 13.3. The van der Waals surface area contributed by atoms with Crippen molar-refractivity contribution in [1.82, 2.24) is 9.97 Å². The van der Waals surface area contributed by atoms with Gasteiger partial charge in [-0.15, -0.1) is 0 Å². The average molecular weight is 557 g/mol. The molecule has 1 amide bonds. The van der Waals surface area contributed by atoms with Crippen molar-refractivity contribution in [3.05, 3.63) is 71.4 Å². The zero-order valence-corrected chi connectivity index (χ0v) is 21.9. The molecule has 1 aliphatic carbocycles. The molecule has 40 heavy (non-hydrogen) atoms. The average Bonchev–Trinajstić information content (AvgIpc) is 2.93. The molecule has 11 heteroatoms. The molecule has 0 unspecified atom stereocenters. The summed E-state index contributed by atoms with van der Waals surface area (Å²) in [5.41, 5.74) is 5.75. The first kappa shape index (κ1) is 28.0. The van der Waals surface area contributed by atoms with Gasteiger partial charge >= 0.3 is 0 Å². The second-order valence-electron chi connectivity index (χ2n) is 10.5. The number of ether oxygens (including phenoxy) is 2. The lowest BCUT2D eigenvalue weighted by Gasteiger charge is -2.36. The van der Waals surface area contributed by atoms with E-state index in [4.69, 9.17) is 15.2 Å². The van der Waals surface area contributed by atoms with E-state index in [1.807, 2.05) is 6.92 Å². The lowest BCUT2D eigenvalue weighted by Crippen LogP contribution is -2.44. The van der Waals surface area contributed by atoms with E-state index in [1.54, 1.807) is 12.3 Å². The molecule has 5 atom stereocenters. The van der Waals surface area contributed by atoms with Gasteiger partial charge in [-0.25, -0.2) is 18.2 Å². The topological polar surface area (TPSA) is 120 Å². The normalized spacial score (nSPS) is 24.9. The van der Waals surface area contributed by atoms with Crippen molar-refractivity contribution in [2.24, 2.45) is 11.7 Å². The van der Waals surface area contributed by atoms with Gasteiger partial charge in [-0.3, -0.25) is 9.78 Å². The zero-order chi connectivity index (χ0) is 28.4. The SMILES string of the molecule is C[C@H]1C[C@@H](c2ccncc2NC(=O)c2ccc(F)c(-c3c(F)cc(O[C@H]4CCCOC4)cc3F)n2)C[C@@H](N)[C@@H]1O. The third-order valence-electron chi connectivity index (χ3n) is 7.53. The number of nitrogens with two attached hydrogens (primary N) is 1. The van der Waals surface area contributed by atoms with Crippen molar-refractivity contribution < 1.29 is 32.5 Å². The molecule has 2 fully saturated rings. The number of rotatable bonds is 6. The van der Waals surface area contributed by atoms with Crippen LogP contribution in [0.15, 0.2) is 42.7 Å². The molecule has 3 aromatic rings. The highest BCUT2D eigenvalue weighted by molar-refractivity contribution is 6.03. The minimum absolute atomic E-state index is 0.0347. The van der Waals surface area contributed by atoms with Gasteiger partial charge in [0.05, 0.1) is 30.2 Å². The number of amides is 1. The minimum Gasteiger partial charge on any atom is -0.488 e. The molecule has 2 aliphatic rings. The number of pyridine rings is 2. The van der Waals surface area contributed by atoms with Gasteiger partial charge in [0.15, 0.2) is 0 Å². The van der Waals surface area contributed by atoms with E-state index in [0.29, 0.717) is 38.2 Å². The maximum atomic E-state index is 15.1. The van der Waals surface area contributed by atoms with E-state index in [1.165, 1.54) is 6.20 Å². The van der Waals surface area contributed by atoms with Crippen LogP contribution in [0, 0.1) is 23.4 Å². The predicted octanol–water partition coefficient (Wildman–Crippen LogP) is 4.57. The lowest BCUT2D eigenvalue weighted by atomic mass is 9.74. The highest BCUT2D eigenvalue weighted by atomic mass is 19.1. The number of halogens is 3. The number of benzene rings is 1. The second-order valence-corrected chi connectivity index (χ2v) is 10.5. The van der Waals surface area contributed by atoms with Crippen molar-refractivity contribution >= 4 is 11.6 Å². The molecule has 0 bridgehead atoms. The van der Waals surface area contributed by atoms with Crippen LogP contribution in [0.4, 0.5) is 18.9 Å². The summed E-state index contributed by atoms with van der Waals surface area (Å²) < 4.78 is 55.9. The molecule has 4 N–H and O–H groups in total. The van der Waals surface area contributed by atoms with Gasteiger partial charge in [0, 0.05) is 31.0 Å². The summed E-state index contributed by atoms with van der Waals surface area (Å²) in [6, 6.07) is 5.37. The van der Waals surface area contributed by atoms with E-state index >= 15 is 8.78 Å². The van der Waals surface area contributed by atoms with Crippen LogP contribution >= 0.6 is 0 Å². The number of anilines is 1. The van der Waals surface area contributed by atoms with Crippen LogP contribution in [0.5, 0.6) is 5.75 Å². The van der Waals surface area contributed by atoms with Gasteiger partial charge < -0.3 is 25.6 Å². The summed E-state index contributed by atoms with van der Waals surface area (Å²) in [6.45, 7) is 2.84. The fourth-order valence-electron chi connectivity index (χ4n) is 5.46. The van der Waals surface area contributed by atoms with Gasteiger partial charge in [0.1, 0.15) is 40.7 Å². The number of aromatic nitrogens is 2. The number of nitrogens with one attached hydrogen (secondary N) is 1. The summed E-state index contributed by atoms with van der Waals surface area (Å²) in [5, 5.41) is 13.0. The predicted molar refractivity (Wildman–Crippen MR) is 141 cm³/mol. The van der Waals surface area contributed by atoms with E-state index < -0.39 is 46.8 Å². The molecule has 2 aromatic heterocycles. The standard InChI is InChI=1S/C29H31F3N4O4/c1-15-9-16(10-23(33)28(15)37)19-6-7-34-13-25(19)36-29(38)24-5-4-20(30)27(35-24)26-21(31)11-18(12-22(26)32)40-17-3-2-8-39-14-17/h4-7,11-13,15-17,23,28,37H,2-3,8-10,14,33H2,1H3,(H,36,38)/t15-,16+,17-,23+,28+/m0/s1. The fraction of sp³-hybridized carbons (Fsp3) is 0.414. The van der Waals surface area contributed by atoms with Crippen molar-refractivity contribution in [2.45, 2.75) is 56.8 Å². The summed E-state index contributed by atoms with van der Waals surface area (Å²) in [5.74, 6) is -3.96. The summed E-state index contributed by atoms with van der Waals surface area (Å²) in [4.78, 5) is 21.2. The third kappa shape index (κ3) is 5.96. The van der Waals surface area contributed by atoms with Gasteiger partial charge in [0.25, 0.3) is 5.91 Å². The second kappa shape index (κ2) is 11.9. The summed E-state index contributed by atoms with van der Waals surface area (Å²) >= 11 is 0. The summed E-state index contributed by atoms with van der Waals surface area (Å²) in [7, 11) is 0. The van der Waals surface area contributed by atoms with Crippen LogP contribution in [-0.4, -0.2) is 52.4 Å². The summed E-state index contributed by atoms with van der Waals surface area (Å²) in [6.07, 6.45) is 4.77. The molecule has 0 radical (unpaired) electrons. The largest absolute Gasteiger partial charge is 0.488 e. The van der Waals surface area contributed by atoms with Gasteiger partial charge in [-0.2, -0.15) is 0 Å². The molecule has 1 aliphatic heterocycles. The van der Waals surface area contributed by atoms with Crippen LogP contribution in [0.25, 0.3) is 11.3 Å². The van der Waals surface area contributed by atoms with Crippen LogP contribution < -0.4 is 15.8 Å². The Morgan fingerprint density at radius 1 is 1.15 bits per heavy atom. The first-order chi connectivity index (χ1) is 19.2. The Morgan fingerprint density at radius 2 is 1.93 bits per heavy atom. The maximum absolute atomic E-state index is 15.1. The van der Waals surface area contributed by atoms with E-state index in [0.717, 1.165) is 36.2 Å². The zero-order valence-electron chi connectivity index (χ0n) is 21.9. The number of hydrogen-bond donors (Lipinski definition) is 3. The quantitative estimate of drug-likeness (QED) is 0.407. The molecule has 1 saturated carbocycles. The van der Waals surface area contributed by atoms with Crippen LogP contribution in [0.1, 0.15) is 54.6 Å². The van der Waals surface area contributed by atoms with E-state index in [-0.39, 0.29) is 29.4 Å². The number of aliphatic hydroxyl groups is 1. The monoisotopic (exact) mass is 556 g/mol. The Balaban J connectivity index is 1.38. The smallest absolute Gasteiger partial charge is 0.274 e. The number of nitrogens with zero attached hydrogens (tertiary/aromatic N) is 2. The number of carbonyl (C=O) groups is 1. The molecule has 3 heterocycles. The fourth-order valence-corrected chi connectivity index (χ4v) is 5.46. The van der Waals surface area contributed by atoms with Crippen molar-refractivity contribution in [3.63, 3.8) is 0 Å². The molecule has 212 valence electrons. The third-order valence-corrected chi connectivity index (χ3v) is 7.53. The Bertz CT molecular complexity index is 1350. The first-order valence-electron chi connectivity index (χ1n) is 13.3. The van der Waals surface area contributed by atoms with Crippen molar-refractivity contribution in [1.29, 1.82) is 0 Å². The Labute approximate surface area is 229 Å². The van der Waals surface area contributed by atoms with Crippen LogP contribution in [0.3, 0.4) is 0 Å². The molecule has 1 saturated heterocycles. The minimum atomic E-state index is -1.07. The molecule has 0 spiro atoms. The Morgan fingerprint density at radius 3 is 2.62 bits per heavy atom. The molecular weight excluding hydrogens is 525 g/mol. The van der Waals surface area contributed by atoms with Crippen molar-refractivity contribution in [2.75, 3.05) is 18.5 Å². The van der Waals surface area contributed by atoms with Gasteiger partial charge in [0.2, 0.25) is 0 Å². The number of hydrogen-bond acceptors (Lipinski definition) is 7. The molecule has 8 nitrogen and oxygen atoms in total. The highest BCUT2D eigenvalue weighted by Crippen LogP contribution is 2.39. The Kier molecular flexibility index (Phi) is 8.34. The highest BCUT2D eigenvalue weighted by Gasteiger charge is 2.34. The Hall–Kier alpha value is -3.54. The van der Waals surface area contributed by atoms with E-state index in [9.17, 15) is 14.3 Å².